The SMILES string of the molecule is COc1ccc(NC(=O)C2N(CCCCCO)C(=O)[C@@H]3[C@H](C(=O)NCc4ccccc4)[C@@H]4CCC23S4)cc1. The van der Waals surface area contributed by atoms with Crippen molar-refractivity contribution in [3.05, 3.63) is 60.2 Å². The fourth-order valence-corrected chi connectivity index (χ4v) is 8.57. The summed E-state index contributed by atoms with van der Waals surface area (Å²) in [5, 5.41) is 15.3. The van der Waals surface area contributed by atoms with Gasteiger partial charge in [-0.3, -0.25) is 14.4 Å². The van der Waals surface area contributed by atoms with Crippen molar-refractivity contribution in [3.8, 4) is 5.75 Å². The Morgan fingerprint density at radius 2 is 1.84 bits per heavy atom. The second-order valence-corrected chi connectivity index (χ2v) is 11.9. The van der Waals surface area contributed by atoms with Gasteiger partial charge in [-0.05, 0) is 61.9 Å². The monoisotopic (exact) mass is 537 g/mol. The van der Waals surface area contributed by atoms with Crippen LogP contribution in [-0.4, -0.2) is 64.0 Å². The standard InChI is InChI=1S/C29H35N3O5S/c1-37-21-12-10-20(11-13-21)31-27(35)25-29-15-14-22(38-29)23(26(34)30-18-19-8-4-2-5-9-19)24(29)28(36)32(25)16-6-3-7-17-33/h2,4-5,8-13,22-25,33H,3,6-7,14-18H2,1H3,(H,30,34)(H,31,35)/t22-,23+,24-,25?,29?/m0/s1. The smallest absolute Gasteiger partial charge is 0.248 e. The number of rotatable bonds is 11. The molecule has 3 heterocycles. The molecule has 2 aromatic rings. The number of carbonyl (C=O) groups is 3. The van der Waals surface area contributed by atoms with Crippen LogP contribution in [-0.2, 0) is 20.9 Å². The van der Waals surface area contributed by atoms with Gasteiger partial charge in [0.25, 0.3) is 0 Å². The molecule has 0 aromatic heterocycles. The van der Waals surface area contributed by atoms with E-state index in [0.29, 0.717) is 37.4 Å². The molecule has 0 saturated carbocycles. The Labute approximate surface area is 227 Å². The van der Waals surface area contributed by atoms with Gasteiger partial charge < -0.3 is 25.4 Å². The maximum Gasteiger partial charge on any atom is 0.248 e. The van der Waals surface area contributed by atoms with Gasteiger partial charge in [0.2, 0.25) is 17.7 Å². The molecule has 3 aliphatic heterocycles. The Hall–Kier alpha value is -3.04. The van der Waals surface area contributed by atoms with Crippen LogP contribution in [0.1, 0.15) is 37.7 Å². The van der Waals surface area contributed by atoms with E-state index in [9.17, 15) is 19.5 Å². The molecule has 2 unspecified atom stereocenters. The number of methoxy groups -OCH3 is 1. The summed E-state index contributed by atoms with van der Waals surface area (Å²) in [5.74, 6) is -0.708. The molecule has 3 amide bonds. The summed E-state index contributed by atoms with van der Waals surface area (Å²) in [6.45, 7) is 0.943. The molecular formula is C29H35N3O5S. The molecule has 0 radical (unpaired) electrons. The van der Waals surface area contributed by atoms with E-state index in [0.717, 1.165) is 24.8 Å². The highest BCUT2D eigenvalue weighted by Gasteiger charge is 2.73. The normalized spacial score (nSPS) is 27.3. The van der Waals surface area contributed by atoms with Crippen LogP contribution < -0.4 is 15.4 Å². The molecule has 38 heavy (non-hydrogen) atoms. The predicted octanol–water partition coefficient (Wildman–Crippen LogP) is 3.20. The van der Waals surface area contributed by atoms with Crippen molar-refractivity contribution < 1.29 is 24.2 Å². The fraction of sp³-hybridized carbons (Fsp3) is 0.483. The minimum absolute atomic E-state index is 0.0209. The number of hydrogen-bond donors (Lipinski definition) is 3. The van der Waals surface area contributed by atoms with Gasteiger partial charge in [-0.25, -0.2) is 0 Å². The predicted molar refractivity (Wildman–Crippen MR) is 147 cm³/mol. The van der Waals surface area contributed by atoms with Crippen LogP contribution in [0.2, 0.25) is 0 Å². The molecule has 202 valence electrons. The fourth-order valence-electron chi connectivity index (χ4n) is 6.35. The third-order valence-corrected chi connectivity index (χ3v) is 10.0. The molecule has 2 bridgehead atoms. The third kappa shape index (κ3) is 4.89. The number of aliphatic hydroxyl groups is 1. The topological polar surface area (TPSA) is 108 Å². The summed E-state index contributed by atoms with van der Waals surface area (Å²) in [7, 11) is 1.59. The van der Waals surface area contributed by atoms with Gasteiger partial charge in [0.05, 0.1) is 23.7 Å². The molecule has 3 saturated heterocycles. The Kier molecular flexibility index (Phi) is 7.95. The van der Waals surface area contributed by atoms with E-state index in [1.54, 1.807) is 48.0 Å². The van der Waals surface area contributed by atoms with E-state index in [4.69, 9.17) is 4.74 Å². The Morgan fingerprint density at radius 1 is 1.08 bits per heavy atom. The molecular weight excluding hydrogens is 502 g/mol. The zero-order valence-electron chi connectivity index (χ0n) is 21.6. The van der Waals surface area contributed by atoms with Gasteiger partial charge in [-0.2, -0.15) is 0 Å². The maximum atomic E-state index is 14.0. The summed E-state index contributed by atoms with van der Waals surface area (Å²) in [6.07, 6.45) is 3.65. The number of hydrogen-bond acceptors (Lipinski definition) is 6. The van der Waals surface area contributed by atoms with E-state index in [2.05, 4.69) is 10.6 Å². The lowest BCUT2D eigenvalue weighted by atomic mass is 9.70. The lowest BCUT2D eigenvalue weighted by molar-refractivity contribution is -0.139. The highest BCUT2D eigenvalue weighted by Crippen LogP contribution is 2.66. The van der Waals surface area contributed by atoms with Gasteiger partial charge in [-0.1, -0.05) is 30.3 Å². The average Bonchev–Trinajstić information content (AvgIpc) is 3.58. The van der Waals surface area contributed by atoms with Gasteiger partial charge in [0.1, 0.15) is 11.8 Å². The highest BCUT2D eigenvalue weighted by atomic mass is 32.2. The van der Waals surface area contributed by atoms with Crippen LogP contribution in [0.3, 0.4) is 0 Å². The zero-order chi connectivity index (χ0) is 26.7. The molecule has 3 aliphatic rings. The number of carbonyl (C=O) groups excluding carboxylic acids is 3. The first kappa shape index (κ1) is 26.6. The number of benzene rings is 2. The highest BCUT2D eigenvalue weighted by molar-refractivity contribution is 8.02. The lowest BCUT2D eigenvalue weighted by Crippen LogP contribution is -2.51. The van der Waals surface area contributed by atoms with Crippen molar-refractivity contribution >= 4 is 35.2 Å². The van der Waals surface area contributed by atoms with Crippen molar-refractivity contribution in [2.75, 3.05) is 25.6 Å². The third-order valence-electron chi connectivity index (χ3n) is 8.08. The van der Waals surface area contributed by atoms with Crippen LogP contribution in [0.25, 0.3) is 0 Å². The Bertz CT molecular complexity index is 1160. The zero-order valence-corrected chi connectivity index (χ0v) is 22.4. The first-order valence-electron chi connectivity index (χ1n) is 13.3. The lowest BCUT2D eigenvalue weighted by Gasteiger charge is -2.34. The molecule has 5 rings (SSSR count). The van der Waals surface area contributed by atoms with Gasteiger partial charge in [-0.15, -0.1) is 11.8 Å². The number of ether oxygens (including phenoxy) is 1. The van der Waals surface area contributed by atoms with Crippen molar-refractivity contribution in [2.24, 2.45) is 11.8 Å². The van der Waals surface area contributed by atoms with Gasteiger partial charge in [0.15, 0.2) is 0 Å². The molecule has 1 spiro atoms. The molecule has 8 nitrogen and oxygen atoms in total. The Balaban J connectivity index is 1.38. The summed E-state index contributed by atoms with van der Waals surface area (Å²) >= 11 is 1.67. The van der Waals surface area contributed by atoms with Crippen molar-refractivity contribution in [2.45, 2.75) is 54.7 Å². The largest absolute Gasteiger partial charge is 0.497 e. The van der Waals surface area contributed by atoms with Crippen LogP contribution >= 0.6 is 11.8 Å². The number of amides is 3. The summed E-state index contributed by atoms with van der Waals surface area (Å²) in [4.78, 5) is 43.0. The van der Waals surface area contributed by atoms with E-state index in [-0.39, 0.29) is 29.6 Å². The van der Waals surface area contributed by atoms with Crippen molar-refractivity contribution in [1.82, 2.24) is 10.2 Å². The summed E-state index contributed by atoms with van der Waals surface area (Å²) < 4.78 is 4.60. The van der Waals surface area contributed by atoms with E-state index in [1.807, 2.05) is 30.3 Å². The average molecular weight is 538 g/mol. The Morgan fingerprint density at radius 3 is 2.55 bits per heavy atom. The number of anilines is 1. The van der Waals surface area contributed by atoms with Crippen molar-refractivity contribution in [1.29, 1.82) is 0 Å². The number of fused-ring (bicyclic) bond motifs is 1. The molecule has 3 fully saturated rings. The number of nitrogens with one attached hydrogen (secondary N) is 2. The number of nitrogens with zero attached hydrogens (tertiary/aromatic N) is 1. The molecule has 2 aromatic carbocycles. The number of unbranched alkanes of at least 4 members (excludes halogenated alkanes) is 2. The number of likely N-dealkylation sites (tertiary alicyclic amines) is 1. The summed E-state index contributed by atoms with van der Waals surface area (Å²) in [5.41, 5.74) is 1.64. The molecule has 0 aliphatic carbocycles. The quantitative estimate of drug-likeness (QED) is 0.380. The number of aliphatic hydroxyl groups excluding tert-OH is 1. The summed E-state index contributed by atoms with van der Waals surface area (Å²) in [6, 6.07) is 16.2. The second-order valence-electron chi connectivity index (χ2n) is 10.3. The maximum absolute atomic E-state index is 14.0. The minimum atomic E-state index is -0.654. The van der Waals surface area contributed by atoms with Crippen LogP contribution in [0.5, 0.6) is 5.75 Å². The van der Waals surface area contributed by atoms with Gasteiger partial charge >= 0.3 is 0 Å². The van der Waals surface area contributed by atoms with E-state index in [1.165, 1.54) is 0 Å². The van der Waals surface area contributed by atoms with Gasteiger partial charge in [0, 0.05) is 30.6 Å². The minimum Gasteiger partial charge on any atom is -0.497 e. The molecule has 5 atom stereocenters. The number of thioether (sulfide) groups is 1. The first-order chi connectivity index (χ1) is 18.5. The van der Waals surface area contributed by atoms with Crippen molar-refractivity contribution in [3.63, 3.8) is 0 Å². The van der Waals surface area contributed by atoms with Crippen LogP contribution in [0.4, 0.5) is 5.69 Å². The van der Waals surface area contributed by atoms with Crippen LogP contribution in [0.15, 0.2) is 54.6 Å². The molecule has 9 heteroatoms. The molecule has 3 N–H and O–H groups in total. The second kappa shape index (κ2) is 11.4. The van der Waals surface area contributed by atoms with E-state index >= 15 is 0 Å². The van der Waals surface area contributed by atoms with E-state index < -0.39 is 22.6 Å². The first-order valence-corrected chi connectivity index (χ1v) is 14.2. The van der Waals surface area contributed by atoms with Crippen LogP contribution in [0, 0.1) is 11.8 Å².